The highest BCUT2D eigenvalue weighted by atomic mass is 32.1. The molecule has 1 aromatic carbocycles. The second-order valence-corrected chi connectivity index (χ2v) is 8.02. The highest BCUT2D eigenvalue weighted by Crippen LogP contribution is 2.22. The number of hydrogen-bond acceptors (Lipinski definition) is 4. The predicted molar refractivity (Wildman–Crippen MR) is 112 cm³/mol. The Bertz CT molecular complexity index is 818. The summed E-state index contributed by atoms with van der Waals surface area (Å²) in [6.07, 6.45) is -0.0542. The topological polar surface area (TPSA) is 107 Å². The zero-order valence-electron chi connectivity index (χ0n) is 16.5. The van der Waals surface area contributed by atoms with Gasteiger partial charge in [0.15, 0.2) is 0 Å². The Labute approximate surface area is 174 Å². The van der Waals surface area contributed by atoms with E-state index in [1.807, 2.05) is 54.9 Å². The van der Waals surface area contributed by atoms with Gasteiger partial charge in [0.2, 0.25) is 0 Å². The first-order valence-corrected chi connectivity index (χ1v) is 10.3. The van der Waals surface area contributed by atoms with Crippen LogP contribution in [0.15, 0.2) is 41.1 Å². The van der Waals surface area contributed by atoms with Crippen LogP contribution in [0.2, 0.25) is 0 Å². The van der Waals surface area contributed by atoms with Gasteiger partial charge in [-0.1, -0.05) is 38.1 Å². The van der Waals surface area contributed by atoms with Crippen molar-refractivity contribution >= 4 is 29.3 Å². The fourth-order valence-corrected chi connectivity index (χ4v) is 3.55. The van der Waals surface area contributed by atoms with Crippen LogP contribution in [0.1, 0.15) is 25.8 Å². The van der Waals surface area contributed by atoms with Gasteiger partial charge in [0.05, 0.1) is 6.42 Å². The Morgan fingerprint density at radius 1 is 1.07 bits per heavy atom. The Morgan fingerprint density at radius 2 is 1.76 bits per heavy atom. The lowest BCUT2D eigenvalue weighted by Crippen LogP contribution is -2.50. The number of carboxylic acid groups (broad SMARTS) is 2. The molecule has 7 nitrogen and oxygen atoms in total. The molecule has 3 N–H and O–H groups in total. The zero-order chi connectivity index (χ0) is 21.4. The minimum atomic E-state index is -1.14. The second kappa shape index (κ2) is 10.6. The minimum Gasteiger partial charge on any atom is -0.481 e. The molecule has 2 amide bonds. The number of carbonyl (C=O) groups excluding carboxylic acids is 1. The molecule has 29 heavy (non-hydrogen) atoms. The van der Waals surface area contributed by atoms with Crippen molar-refractivity contribution in [1.82, 2.24) is 10.2 Å². The maximum atomic E-state index is 12.6. The van der Waals surface area contributed by atoms with E-state index in [0.29, 0.717) is 6.54 Å². The van der Waals surface area contributed by atoms with Gasteiger partial charge in [0.25, 0.3) is 0 Å². The molecule has 1 atom stereocenters. The lowest BCUT2D eigenvalue weighted by molar-refractivity contribution is -0.139. The molecule has 8 heteroatoms. The number of amides is 2. The van der Waals surface area contributed by atoms with Gasteiger partial charge in [-0.15, -0.1) is 0 Å². The largest absolute Gasteiger partial charge is 0.481 e. The van der Waals surface area contributed by atoms with E-state index in [1.54, 1.807) is 11.3 Å². The first-order chi connectivity index (χ1) is 13.8. The Morgan fingerprint density at radius 3 is 2.28 bits per heavy atom. The molecule has 0 aliphatic rings. The van der Waals surface area contributed by atoms with Gasteiger partial charge in [0.1, 0.15) is 6.04 Å². The highest BCUT2D eigenvalue weighted by Gasteiger charge is 2.24. The molecule has 0 aliphatic carbocycles. The van der Waals surface area contributed by atoms with Crippen LogP contribution in [0.25, 0.3) is 11.1 Å². The summed E-state index contributed by atoms with van der Waals surface area (Å²) in [6, 6.07) is 7.90. The number of nitrogens with one attached hydrogen (secondary N) is 1. The van der Waals surface area contributed by atoms with Crippen LogP contribution < -0.4 is 5.32 Å². The molecule has 1 aromatic heterocycles. The SMILES string of the molecule is CC(C)CN(CCC(=O)O)C(=O)N[C@@H](Cc1ccc(-c2ccsc2)cc1)C(=O)O. The van der Waals surface area contributed by atoms with E-state index in [0.717, 1.165) is 16.7 Å². The van der Waals surface area contributed by atoms with Gasteiger partial charge >= 0.3 is 18.0 Å². The molecule has 0 spiro atoms. The van der Waals surface area contributed by atoms with Crippen molar-refractivity contribution in [3.05, 3.63) is 46.7 Å². The Hall–Kier alpha value is -2.87. The van der Waals surface area contributed by atoms with E-state index < -0.39 is 24.0 Å². The van der Waals surface area contributed by atoms with Crippen LogP contribution in [-0.4, -0.2) is 52.2 Å². The maximum Gasteiger partial charge on any atom is 0.326 e. The number of aliphatic carboxylic acids is 2. The van der Waals surface area contributed by atoms with E-state index in [-0.39, 0.29) is 25.3 Å². The molecular weight excluding hydrogens is 392 g/mol. The van der Waals surface area contributed by atoms with Crippen LogP contribution in [0.3, 0.4) is 0 Å². The van der Waals surface area contributed by atoms with Crippen molar-refractivity contribution in [3.63, 3.8) is 0 Å². The predicted octanol–water partition coefficient (Wildman–Crippen LogP) is 3.55. The molecule has 0 bridgehead atoms. The molecule has 156 valence electrons. The summed E-state index contributed by atoms with van der Waals surface area (Å²) in [5.41, 5.74) is 2.94. The van der Waals surface area contributed by atoms with Crippen molar-refractivity contribution in [2.24, 2.45) is 5.92 Å². The van der Waals surface area contributed by atoms with Crippen LogP contribution in [0, 0.1) is 5.92 Å². The number of thiophene rings is 1. The number of nitrogens with zero attached hydrogens (tertiary/aromatic N) is 1. The van der Waals surface area contributed by atoms with Crippen LogP contribution in [-0.2, 0) is 16.0 Å². The number of carbonyl (C=O) groups is 3. The Balaban J connectivity index is 2.04. The summed E-state index contributed by atoms with van der Waals surface area (Å²) in [5, 5.41) is 25.0. The molecule has 1 heterocycles. The summed E-state index contributed by atoms with van der Waals surface area (Å²) in [7, 11) is 0. The molecule has 0 saturated heterocycles. The first kappa shape index (κ1) is 22.4. The number of urea groups is 1. The van der Waals surface area contributed by atoms with Gasteiger partial charge in [-0.25, -0.2) is 9.59 Å². The van der Waals surface area contributed by atoms with Crippen molar-refractivity contribution in [2.45, 2.75) is 32.7 Å². The van der Waals surface area contributed by atoms with E-state index in [4.69, 9.17) is 5.11 Å². The molecular formula is C21H26N2O5S. The third kappa shape index (κ3) is 7.23. The summed E-state index contributed by atoms with van der Waals surface area (Å²) in [6.45, 7) is 4.19. The summed E-state index contributed by atoms with van der Waals surface area (Å²) in [5.74, 6) is -2.02. The number of hydrogen-bond donors (Lipinski definition) is 3. The molecule has 0 unspecified atom stereocenters. The molecule has 0 saturated carbocycles. The lowest BCUT2D eigenvalue weighted by Gasteiger charge is -2.26. The fraction of sp³-hybridized carbons (Fsp3) is 0.381. The minimum absolute atomic E-state index is 0.0288. The van der Waals surface area contributed by atoms with Gasteiger partial charge in [-0.3, -0.25) is 4.79 Å². The zero-order valence-corrected chi connectivity index (χ0v) is 17.3. The second-order valence-electron chi connectivity index (χ2n) is 7.24. The average molecular weight is 419 g/mol. The van der Waals surface area contributed by atoms with Crippen LogP contribution >= 0.6 is 11.3 Å². The Kier molecular flexibility index (Phi) is 8.21. The van der Waals surface area contributed by atoms with Gasteiger partial charge in [-0.05, 0) is 39.4 Å². The van der Waals surface area contributed by atoms with Gasteiger partial charge in [-0.2, -0.15) is 11.3 Å². The van der Waals surface area contributed by atoms with E-state index in [2.05, 4.69) is 5.32 Å². The van der Waals surface area contributed by atoms with Gasteiger partial charge in [0, 0.05) is 19.5 Å². The third-order valence-corrected chi connectivity index (χ3v) is 5.00. The fourth-order valence-electron chi connectivity index (χ4n) is 2.89. The molecule has 2 aromatic rings. The summed E-state index contributed by atoms with van der Waals surface area (Å²) >= 11 is 1.61. The molecule has 0 aliphatic heterocycles. The number of carboxylic acids is 2. The lowest BCUT2D eigenvalue weighted by atomic mass is 10.0. The van der Waals surface area contributed by atoms with E-state index in [1.165, 1.54) is 4.90 Å². The number of rotatable bonds is 10. The molecule has 0 fully saturated rings. The van der Waals surface area contributed by atoms with E-state index in [9.17, 15) is 19.5 Å². The van der Waals surface area contributed by atoms with Crippen molar-refractivity contribution < 1.29 is 24.6 Å². The maximum absolute atomic E-state index is 12.6. The molecule has 0 radical (unpaired) electrons. The highest BCUT2D eigenvalue weighted by molar-refractivity contribution is 7.08. The third-order valence-electron chi connectivity index (χ3n) is 4.31. The van der Waals surface area contributed by atoms with Crippen molar-refractivity contribution in [3.8, 4) is 11.1 Å². The summed E-state index contributed by atoms with van der Waals surface area (Å²) in [4.78, 5) is 36.4. The van der Waals surface area contributed by atoms with Crippen molar-refractivity contribution in [1.29, 1.82) is 0 Å². The smallest absolute Gasteiger partial charge is 0.326 e. The quantitative estimate of drug-likeness (QED) is 0.547. The van der Waals surface area contributed by atoms with Gasteiger partial charge < -0.3 is 20.4 Å². The first-order valence-electron chi connectivity index (χ1n) is 9.37. The van der Waals surface area contributed by atoms with Crippen molar-refractivity contribution in [2.75, 3.05) is 13.1 Å². The number of benzene rings is 1. The average Bonchev–Trinajstić information content (AvgIpc) is 3.19. The standard InChI is InChI=1S/C21H26N2O5S/c1-14(2)12-23(9-7-19(24)25)21(28)22-18(20(26)27)11-15-3-5-16(6-4-15)17-8-10-29-13-17/h3-6,8,10,13-14,18H,7,9,11-12H2,1-2H3,(H,22,28)(H,24,25)(H,26,27)/t18-/m0/s1. The monoisotopic (exact) mass is 418 g/mol. The molecule has 2 rings (SSSR count). The van der Waals surface area contributed by atoms with Crippen LogP contribution in [0.4, 0.5) is 4.79 Å². The summed E-state index contributed by atoms with van der Waals surface area (Å²) < 4.78 is 0. The normalized spacial score (nSPS) is 11.8. The van der Waals surface area contributed by atoms with E-state index >= 15 is 0 Å². The van der Waals surface area contributed by atoms with Crippen LogP contribution in [0.5, 0.6) is 0 Å².